The van der Waals surface area contributed by atoms with Gasteiger partial charge in [0.1, 0.15) is 0 Å². The van der Waals surface area contributed by atoms with E-state index in [2.05, 4.69) is 0 Å². The molecule has 9 nitrogen and oxygen atoms in total. The molecule has 0 saturated heterocycles. The summed E-state index contributed by atoms with van der Waals surface area (Å²) in [5.41, 5.74) is 1.01. The smallest absolute Gasteiger partial charge is 0.270 e. The number of non-ortho nitro benzene ring substituents is 1. The normalized spacial score (nSPS) is 11.4. The SMILES string of the molecule is CCCCN(CC(=O)NO)S(=O)(=O)c1cccc([N+](=O)[O-])c1. The van der Waals surface area contributed by atoms with Crippen LogP contribution in [-0.2, 0) is 14.8 Å². The second-order valence-electron chi connectivity index (χ2n) is 4.48. The minimum Gasteiger partial charge on any atom is -0.289 e. The maximum Gasteiger partial charge on any atom is 0.270 e. The predicted molar refractivity (Wildman–Crippen MR) is 76.7 cm³/mol. The molecule has 22 heavy (non-hydrogen) atoms. The van der Waals surface area contributed by atoms with Crippen molar-refractivity contribution in [2.24, 2.45) is 0 Å². The molecule has 1 amide bonds. The number of carbonyl (C=O) groups is 1. The first-order valence-corrected chi connectivity index (χ1v) is 7.94. The van der Waals surface area contributed by atoms with Crippen LogP contribution in [0.2, 0.25) is 0 Å². The molecule has 0 heterocycles. The lowest BCUT2D eigenvalue weighted by Gasteiger charge is -2.20. The Morgan fingerprint density at radius 3 is 2.68 bits per heavy atom. The highest BCUT2D eigenvalue weighted by atomic mass is 32.2. The number of hydrogen-bond donors (Lipinski definition) is 2. The number of benzene rings is 1. The van der Waals surface area contributed by atoms with Crippen molar-refractivity contribution in [2.45, 2.75) is 24.7 Å². The van der Waals surface area contributed by atoms with Gasteiger partial charge in [0.25, 0.3) is 11.6 Å². The molecule has 1 aromatic rings. The van der Waals surface area contributed by atoms with Gasteiger partial charge < -0.3 is 0 Å². The van der Waals surface area contributed by atoms with Crippen molar-refractivity contribution in [1.82, 2.24) is 9.79 Å². The van der Waals surface area contributed by atoms with E-state index in [1.165, 1.54) is 23.7 Å². The van der Waals surface area contributed by atoms with E-state index in [0.29, 0.717) is 12.8 Å². The first-order chi connectivity index (χ1) is 10.3. The molecule has 2 N–H and O–H groups in total. The summed E-state index contributed by atoms with van der Waals surface area (Å²) < 4.78 is 25.9. The quantitative estimate of drug-likeness (QED) is 0.413. The molecule has 10 heteroatoms. The fourth-order valence-corrected chi connectivity index (χ4v) is 3.20. The van der Waals surface area contributed by atoms with Crippen LogP contribution in [0.25, 0.3) is 0 Å². The second-order valence-corrected chi connectivity index (χ2v) is 6.42. The van der Waals surface area contributed by atoms with Gasteiger partial charge in [0.15, 0.2) is 0 Å². The first-order valence-electron chi connectivity index (χ1n) is 6.50. The van der Waals surface area contributed by atoms with Gasteiger partial charge in [-0.05, 0) is 12.5 Å². The summed E-state index contributed by atoms with van der Waals surface area (Å²) in [7, 11) is -4.08. The number of nitro benzene ring substituents is 1. The summed E-state index contributed by atoms with van der Waals surface area (Å²) >= 11 is 0. The standard InChI is InChI=1S/C12H17N3O6S/c1-2-3-7-14(9-12(16)13-17)22(20,21)11-6-4-5-10(8-11)15(18)19/h4-6,8,17H,2-3,7,9H2,1H3,(H,13,16). The van der Waals surface area contributed by atoms with Gasteiger partial charge in [0, 0.05) is 18.7 Å². The van der Waals surface area contributed by atoms with Crippen molar-refractivity contribution < 1.29 is 23.3 Å². The van der Waals surface area contributed by atoms with Crippen molar-refractivity contribution in [1.29, 1.82) is 0 Å². The van der Waals surface area contributed by atoms with Gasteiger partial charge in [-0.2, -0.15) is 4.31 Å². The molecule has 0 aliphatic heterocycles. The van der Waals surface area contributed by atoms with Crippen LogP contribution in [0, 0.1) is 10.1 Å². The zero-order chi connectivity index (χ0) is 16.8. The lowest BCUT2D eigenvalue weighted by Crippen LogP contribution is -2.40. The van der Waals surface area contributed by atoms with Crippen LogP contribution in [0.3, 0.4) is 0 Å². The number of hydrogen-bond acceptors (Lipinski definition) is 6. The number of sulfonamides is 1. The Morgan fingerprint density at radius 1 is 1.45 bits per heavy atom. The fraction of sp³-hybridized carbons (Fsp3) is 0.417. The molecule has 1 rings (SSSR count). The van der Waals surface area contributed by atoms with Crippen molar-refractivity contribution in [2.75, 3.05) is 13.1 Å². The van der Waals surface area contributed by atoms with Crippen LogP contribution in [0.4, 0.5) is 5.69 Å². The lowest BCUT2D eigenvalue weighted by molar-refractivity contribution is -0.385. The molecule has 122 valence electrons. The maximum absolute atomic E-state index is 12.5. The molecule has 0 unspecified atom stereocenters. The van der Waals surface area contributed by atoms with Gasteiger partial charge >= 0.3 is 0 Å². The van der Waals surface area contributed by atoms with E-state index in [4.69, 9.17) is 5.21 Å². The van der Waals surface area contributed by atoms with E-state index < -0.39 is 27.4 Å². The number of hydroxylamine groups is 1. The molecule has 0 fully saturated rings. The number of nitro groups is 1. The molecule has 0 bridgehead atoms. The zero-order valence-corrected chi connectivity index (χ0v) is 12.7. The summed E-state index contributed by atoms with van der Waals surface area (Å²) in [6, 6.07) is 4.59. The van der Waals surface area contributed by atoms with Crippen LogP contribution in [-0.4, -0.2) is 41.9 Å². The van der Waals surface area contributed by atoms with Crippen LogP contribution in [0.15, 0.2) is 29.2 Å². The van der Waals surface area contributed by atoms with Crippen molar-refractivity contribution >= 4 is 21.6 Å². The highest BCUT2D eigenvalue weighted by Gasteiger charge is 2.27. The fourth-order valence-electron chi connectivity index (χ4n) is 1.72. The Labute approximate surface area is 127 Å². The monoisotopic (exact) mass is 331 g/mol. The van der Waals surface area contributed by atoms with Crippen LogP contribution in [0.5, 0.6) is 0 Å². The highest BCUT2D eigenvalue weighted by molar-refractivity contribution is 7.89. The number of rotatable bonds is 8. The summed E-state index contributed by atoms with van der Waals surface area (Å²) in [4.78, 5) is 21.0. The van der Waals surface area contributed by atoms with E-state index in [9.17, 15) is 23.3 Å². The Bertz CT molecular complexity index is 646. The van der Waals surface area contributed by atoms with Crippen LogP contribution in [0.1, 0.15) is 19.8 Å². The Hall–Kier alpha value is -2.04. The van der Waals surface area contributed by atoms with Gasteiger partial charge in [-0.15, -0.1) is 0 Å². The van der Waals surface area contributed by atoms with Gasteiger partial charge in [-0.3, -0.25) is 20.1 Å². The van der Waals surface area contributed by atoms with Crippen LogP contribution >= 0.6 is 0 Å². The van der Waals surface area contributed by atoms with Crippen molar-refractivity contribution in [3.8, 4) is 0 Å². The average molecular weight is 331 g/mol. The van der Waals surface area contributed by atoms with Gasteiger partial charge in [-0.25, -0.2) is 13.9 Å². The molecule has 0 spiro atoms. The maximum atomic E-state index is 12.5. The molecule has 0 atom stereocenters. The minimum atomic E-state index is -4.08. The Balaban J connectivity index is 3.17. The number of carbonyl (C=O) groups excluding carboxylic acids is 1. The van der Waals surface area contributed by atoms with Gasteiger partial charge in [0.05, 0.1) is 16.4 Å². The zero-order valence-electron chi connectivity index (χ0n) is 11.9. The Kier molecular flexibility index (Phi) is 6.40. The molecule has 0 saturated carbocycles. The average Bonchev–Trinajstić information content (AvgIpc) is 2.50. The molecule has 1 aromatic carbocycles. The van der Waals surface area contributed by atoms with Gasteiger partial charge in [-0.1, -0.05) is 19.4 Å². The van der Waals surface area contributed by atoms with Crippen molar-refractivity contribution in [3.63, 3.8) is 0 Å². The van der Waals surface area contributed by atoms with Crippen molar-refractivity contribution in [3.05, 3.63) is 34.4 Å². The minimum absolute atomic E-state index is 0.0644. The van der Waals surface area contributed by atoms with E-state index in [-0.39, 0.29) is 17.1 Å². The number of amides is 1. The third-order valence-corrected chi connectivity index (χ3v) is 4.71. The summed E-state index contributed by atoms with van der Waals surface area (Å²) in [6.07, 6.45) is 1.20. The molecule has 0 aromatic heterocycles. The molecular weight excluding hydrogens is 314 g/mol. The first kappa shape index (κ1) is 18.0. The second kappa shape index (κ2) is 7.82. The molecule has 0 radical (unpaired) electrons. The molecule has 0 aliphatic carbocycles. The molecule has 0 aliphatic rings. The Morgan fingerprint density at radius 2 is 2.14 bits per heavy atom. The summed E-state index contributed by atoms with van der Waals surface area (Å²) in [5.74, 6) is -0.884. The van der Waals surface area contributed by atoms with E-state index in [1.54, 1.807) is 0 Å². The van der Waals surface area contributed by atoms with E-state index in [0.717, 1.165) is 10.4 Å². The largest absolute Gasteiger partial charge is 0.289 e. The number of unbranched alkanes of at least 4 members (excludes halogenated alkanes) is 1. The number of nitrogens with zero attached hydrogens (tertiary/aromatic N) is 2. The van der Waals surface area contributed by atoms with Crippen LogP contribution < -0.4 is 5.48 Å². The predicted octanol–water partition coefficient (Wildman–Crippen LogP) is 0.891. The van der Waals surface area contributed by atoms with Gasteiger partial charge in [0.2, 0.25) is 10.0 Å². The summed E-state index contributed by atoms with van der Waals surface area (Å²) in [5, 5.41) is 19.3. The third-order valence-electron chi connectivity index (χ3n) is 2.87. The summed E-state index contributed by atoms with van der Waals surface area (Å²) in [6.45, 7) is 1.35. The lowest BCUT2D eigenvalue weighted by atomic mass is 10.3. The third kappa shape index (κ3) is 4.48. The van der Waals surface area contributed by atoms with E-state index >= 15 is 0 Å². The topological polar surface area (TPSA) is 130 Å². The molecular formula is C12H17N3O6S. The number of nitrogens with one attached hydrogen (secondary N) is 1. The van der Waals surface area contributed by atoms with E-state index in [1.807, 2.05) is 6.92 Å². The highest BCUT2D eigenvalue weighted by Crippen LogP contribution is 2.21.